The first-order valence-corrected chi connectivity index (χ1v) is 17.1. The molecule has 12 heteroatoms. The number of hydrogen-bond donors (Lipinski definition) is 2. The Hall–Kier alpha value is -5.65. The van der Waals surface area contributed by atoms with Gasteiger partial charge in [-0.3, -0.25) is 19.3 Å². The monoisotopic (exact) mass is 691 g/mol. The summed E-state index contributed by atoms with van der Waals surface area (Å²) in [5.74, 6) is -2.12. The molecule has 2 fully saturated rings. The molecule has 2 spiro atoms. The Morgan fingerprint density at radius 3 is 2.53 bits per heavy atom. The number of halogens is 2. The predicted octanol–water partition coefficient (Wildman–Crippen LogP) is 5.82. The van der Waals surface area contributed by atoms with Gasteiger partial charge in [0.2, 0.25) is 17.7 Å². The molecule has 8 rings (SSSR count). The van der Waals surface area contributed by atoms with Crippen LogP contribution in [-0.4, -0.2) is 57.2 Å². The van der Waals surface area contributed by atoms with Gasteiger partial charge in [-0.15, -0.1) is 0 Å². The predicted molar refractivity (Wildman–Crippen MR) is 182 cm³/mol. The second-order valence-electron chi connectivity index (χ2n) is 13.8. The summed E-state index contributed by atoms with van der Waals surface area (Å²) in [4.78, 5) is 62.0. The van der Waals surface area contributed by atoms with E-state index in [0.717, 1.165) is 28.3 Å². The van der Waals surface area contributed by atoms with Gasteiger partial charge in [-0.25, -0.2) is 18.6 Å². The van der Waals surface area contributed by atoms with E-state index in [9.17, 15) is 28.0 Å². The minimum atomic E-state index is -1.26. The molecule has 3 atom stereocenters. The van der Waals surface area contributed by atoms with Crippen LogP contribution >= 0.6 is 0 Å². The van der Waals surface area contributed by atoms with Crippen LogP contribution in [0.15, 0.2) is 85.1 Å². The number of likely N-dealkylation sites (tertiary alicyclic amines) is 2. The second kappa shape index (κ2) is 12.6. The zero-order valence-corrected chi connectivity index (χ0v) is 27.7. The number of fused-ring (bicyclic) bond motifs is 3. The third-order valence-electron chi connectivity index (χ3n) is 10.8. The maximum absolute atomic E-state index is 14.6. The fourth-order valence-corrected chi connectivity index (χ4v) is 8.47. The highest BCUT2D eigenvalue weighted by molar-refractivity contribution is 6.06. The van der Waals surface area contributed by atoms with Crippen LogP contribution in [0.1, 0.15) is 59.5 Å². The SMILES string of the molecule is O=C(CN1C(=O)[C@@]2(CCCN2C(=O)OCc2ccccc2)CC[C@H]1c1cc(F)cc(F)c1)Nc1ccc2c(c1)C[C@@]1(C2)C(=O)Nc2ncccc21. The zero-order chi connectivity index (χ0) is 35.3. The third-order valence-corrected chi connectivity index (χ3v) is 10.8. The average molecular weight is 692 g/mol. The van der Waals surface area contributed by atoms with Crippen molar-refractivity contribution in [1.29, 1.82) is 0 Å². The van der Waals surface area contributed by atoms with Crippen molar-refractivity contribution < 1.29 is 32.7 Å². The van der Waals surface area contributed by atoms with Crippen LogP contribution < -0.4 is 10.6 Å². The highest BCUT2D eigenvalue weighted by atomic mass is 19.1. The molecular formula is C39H35F2N5O5. The van der Waals surface area contributed by atoms with Crippen molar-refractivity contribution >= 4 is 35.3 Å². The normalized spacial score (nSPS) is 23.4. The minimum absolute atomic E-state index is 0.0354. The molecule has 3 aliphatic heterocycles. The summed E-state index contributed by atoms with van der Waals surface area (Å²) in [5.41, 5.74) is 2.23. The van der Waals surface area contributed by atoms with E-state index in [-0.39, 0.29) is 30.9 Å². The smallest absolute Gasteiger partial charge is 0.411 e. The van der Waals surface area contributed by atoms with E-state index in [1.54, 1.807) is 12.3 Å². The van der Waals surface area contributed by atoms with E-state index < -0.39 is 53.1 Å². The second-order valence-corrected chi connectivity index (χ2v) is 13.8. The zero-order valence-electron chi connectivity index (χ0n) is 27.7. The van der Waals surface area contributed by atoms with Gasteiger partial charge in [0.05, 0.1) is 11.5 Å². The summed E-state index contributed by atoms with van der Waals surface area (Å²) < 4.78 is 34.5. The average Bonchev–Trinajstić information content (AvgIpc) is 3.79. The van der Waals surface area contributed by atoms with Gasteiger partial charge in [0, 0.05) is 30.1 Å². The maximum Gasteiger partial charge on any atom is 0.411 e. The molecule has 3 aromatic carbocycles. The molecule has 4 amide bonds. The number of amides is 4. The van der Waals surface area contributed by atoms with Gasteiger partial charge in [-0.05, 0) is 91.1 Å². The van der Waals surface area contributed by atoms with Crippen molar-refractivity contribution in [2.75, 3.05) is 23.7 Å². The highest BCUT2D eigenvalue weighted by Gasteiger charge is 2.56. The molecule has 260 valence electrons. The largest absolute Gasteiger partial charge is 0.445 e. The quantitative estimate of drug-likeness (QED) is 0.263. The van der Waals surface area contributed by atoms with E-state index >= 15 is 0 Å². The fourth-order valence-electron chi connectivity index (χ4n) is 8.47. The Morgan fingerprint density at radius 1 is 0.941 bits per heavy atom. The first-order chi connectivity index (χ1) is 24.6. The van der Waals surface area contributed by atoms with E-state index in [1.807, 2.05) is 54.6 Å². The van der Waals surface area contributed by atoms with E-state index in [4.69, 9.17) is 4.74 Å². The molecule has 51 heavy (non-hydrogen) atoms. The minimum Gasteiger partial charge on any atom is -0.445 e. The number of rotatable bonds is 6. The topological polar surface area (TPSA) is 121 Å². The lowest BCUT2D eigenvalue weighted by Crippen LogP contribution is -2.62. The number of benzene rings is 3. The third kappa shape index (κ3) is 5.68. The standard InChI is InChI=1S/C39H35F2N5O5/c40-28-16-26(17-29(41)19-28)32-11-13-39(12-5-15-46(39)37(50)51-23-24-6-2-1-3-7-24)36(49)45(32)22-33(47)43-30-10-9-25-20-38(21-27(25)18-30)31-8-4-14-42-34(31)44-35(38)48/h1-4,6-10,14,16-19,32H,5,11-13,15,20-23H2,(H,43,47)(H,42,44,48)/t32-,38+,39+/m0/s1. The van der Waals surface area contributed by atoms with Crippen LogP contribution in [-0.2, 0) is 44.0 Å². The number of carbonyl (C=O) groups excluding carboxylic acids is 4. The van der Waals surface area contributed by atoms with Crippen LogP contribution in [0, 0.1) is 11.6 Å². The van der Waals surface area contributed by atoms with Crippen molar-refractivity contribution in [3.8, 4) is 0 Å². The van der Waals surface area contributed by atoms with E-state index in [2.05, 4.69) is 15.6 Å². The van der Waals surface area contributed by atoms with Gasteiger partial charge in [0.1, 0.15) is 36.1 Å². The lowest BCUT2D eigenvalue weighted by atomic mass is 9.79. The number of anilines is 2. The van der Waals surface area contributed by atoms with Crippen molar-refractivity contribution in [2.24, 2.45) is 0 Å². The summed E-state index contributed by atoms with van der Waals surface area (Å²) in [7, 11) is 0. The van der Waals surface area contributed by atoms with Gasteiger partial charge in [0.15, 0.2) is 0 Å². The van der Waals surface area contributed by atoms with Crippen LogP contribution in [0.25, 0.3) is 0 Å². The molecule has 4 aliphatic rings. The van der Waals surface area contributed by atoms with Crippen molar-refractivity contribution in [2.45, 2.75) is 62.1 Å². The molecule has 0 unspecified atom stereocenters. The van der Waals surface area contributed by atoms with Crippen molar-refractivity contribution in [3.63, 3.8) is 0 Å². The number of nitrogens with one attached hydrogen (secondary N) is 2. The summed E-state index contributed by atoms with van der Waals surface area (Å²) >= 11 is 0. The maximum atomic E-state index is 14.6. The fraction of sp³-hybridized carbons (Fsp3) is 0.308. The molecule has 4 aromatic rings. The van der Waals surface area contributed by atoms with Crippen LogP contribution in [0.2, 0.25) is 0 Å². The van der Waals surface area contributed by atoms with Gasteiger partial charge >= 0.3 is 6.09 Å². The molecule has 2 saturated heterocycles. The molecule has 10 nitrogen and oxygen atoms in total. The molecule has 2 N–H and O–H groups in total. The number of aromatic nitrogens is 1. The molecule has 0 radical (unpaired) electrons. The molecule has 0 bridgehead atoms. The number of pyridine rings is 1. The molecule has 1 aliphatic carbocycles. The number of hydrogen-bond acceptors (Lipinski definition) is 6. The lowest BCUT2D eigenvalue weighted by molar-refractivity contribution is -0.152. The van der Waals surface area contributed by atoms with Gasteiger partial charge < -0.3 is 20.3 Å². The lowest BCUT2D eigenvalue weighted by Gasteiger charge is -2.47. The Kier molecular flexibility index (Phi) is 8.04. The summed E-state index contributed by atoms with van der Waals surface area (Å²) in [5, 5.41) is 5.79. The Morgan fingerprint density at radius 2 is 1.73 bits per heavy atom. The number of carbonyl (C=O) groups is 4. The van der Waals surface area contributed by atoms with E-state index in [0.29, 0.717) is 43.7 Å². The van der Waals surface area contributed by atoms with Crippen LogP contribution in [0.4, 0.5) is 25.1 Å². The van der Waals surface area contributed by atoms with Crippen LogP contribution in [0.3, 0.4) is 0 Å². The number of ether oxygens (including phenoxy) is 1. The van der Waals surface area contributed by atoms with Gasteiger partial charge in [-0.1, -0.05) is 42.5 Å². The van der Waals surface area contributed by atoms with Gasteiger partial charge in [-0.2, -0.15) is 0 Å². The van der Waals surface area contributed by atoms with Crippen LogP contribution in [0.5, 0.6) is 0 Å². The first-order valence-electron chi connectivity index (χ1n) is 17.1. The summed E-state index contributed by atoms with van der Waals surface area (Å²) in [6.45, 7) is -0.0830. The van der Waals surface area contributed by atoms with E-state index in [1.165, 1.54) is 21.9 Å². The molecular weight excluding hydrogens is 656 g/mol. The summed E-state index contributed by atoms with van der Waals surface area (Å²) in [6.07, 6.45) is 3.38. The van der Waals surface area contributed by atoms with Gasteiger partial charge in [0.25, 0.3) is 0 Å². The van der Waals surface area contributed by atoms with Crippen molar-refractivity contribution in [3.05, 3.63) is 125 Å². The Bertz CT molecular complexity index is 2060. The Labute approximate surface area is 292 Å². The molecule has 0 saturated carbocycles. The first kappa shape index (κ1) is 32.5. The van der Waals surface area contributed by atoms with Crippen molar-refractivity contribution in [1.82, 2.24) is 14.8 Å². The summed E-state index contributed by atoms with van der Waals surface area (Å²) in [6, 6.07) is 20.7. The number of piperidine rings is 1. The molecule has 4 heterocycles. The highest BCUT2D eigenvalue weighted by Crippen LogP contribution is 2.47. The molecule has 1 aromatic heterocycles. The Balaban J connectivity index is 1.03. The number of nitrogens with zero attached hydrogens (tertiary/aromatic N) is 3.